The van der Waals surface area contributed by atoms with Gasteiger partial charge in [-0.2, -0.15) is 0 Å². The summed E-state index contributed by atoms with van der Waals surface area (Å²) in [6.45, 7) is 12.3. The molecule has 0 amide bonds. The van der Waals surface area contributed by atoms with Crippen molar-refractivity contribution in [1.29, 1.82) is 0 Å². The maximum absolute atomic E-state index is 5.66. The number of rotatable bonds is 8. The molecule has 0 aliphatic carbocycles. The van der Waals surface area contributed by atoms with Crippen molar-refractivity contribution in [3.63, 3.8) is 0 Å². The van der Waals surface area contributed by atoms with Gasteiger partial charge in [0.1, 0.15) is 0 Å². The van der Waals surface area contributed by atoms with Gasteiger partial charge in [-0.25, -0.2) is 0 Å². The second-order valence-corrected chi connectivity index (χ2v) is 9.49. The van der Waals surface area contributed by atoms with Crippen LogP contribution in [0.5, 0.6) is 0 Å². The van der Waals surface area contributed by atoms with Crippen molar-refractivity contribution in [2.24, 2.45) is 5.92 Å². The summed E-state index contributed by atoms with van der Waals surface area (Å²) in [6, 6.07) is 0. The average molecular weight is 458 g/mol. The number of hydrogen-bond donors (Lipinski definition) is 3. The Morgan fingerprint density at radius 2 is 1.28 bits per heavy atom. The standard InChI is InChI=1S/2C8H15NO2.C7H13NO2/c1-2-10-5-7(1)6-11-8-3-9-4-8;1-2-7(10-3-1)6-11-8-4-9-5-8;1-2-9-5-6(1)10-7-3-8-4-7/h2*7-9H,1-6H2;6-8H,1-5H2/t;7-;/m.1./s1. The molecule has 0 bridgehead atoms. The summed E-state index contributed by atoms with van der Waals surface area (Å²) >= 11 is 0. The fourth-order valence-electron chi connectivity index (χ4n) is 4.02. The lowest BCUT2D eigenvalue weighted by atomic mass is 10.1. The quantitative estimate of drug-likeness (QED) is 0.463. The summed E-state index contributed by atoms with van der Waals surface area (Å²) in [5.41, 5.74) is 0. The molecule has 6 aliphatic rings. The SMILES string of the molecule is C1CC(COC2CNC2)CO1.C1CC(OC2CNC2)CO1.C1CO[C@@H](COC2CNC2)C1. The van der Waals surface area contributed by atoms with Gasteiger partial charge in [0.2, 0.25) is 0 Å². The highest BCUT2D eigenvalue weighted by atomic mass is 16.6. The van der Waals surface area contributed by atoms with Crippen LogP contribution in [0.25, 0.3) is 0 Å². The molecule has 0 aromatic rings. The van der Waals surface area contributed by atoms with Crippen molar-refractivity contribution in [2.45, 2.75) is 56.2 Å². The van der Waals surface area contributed by atoms with E-state index in [0.717, 1.165) is 91.9 Å². The molecule has 0 aromatic carbocycles. The van der Waals surface area contributed by atoms with Crippen molar-refractivity contribution in [3.05, 3.63) is 0 Å². The van der Waals surface area contributed by atoms with Crippen LogP contribution in [0.2, 0.25) is 0 Å². The van der Waals surface area contributed by atoms with E-state index in [4.69, 9.17) is 28.4 Å². The minimum atomic E-state index is 0.382. The second kappa shape index (κ2) is 14.1. The van der Waals surface area contributed by atoms with Crippen LogP contribution in [0, 0.1) is 5.92 Å². The second-order valence-electron chi connectivity index (χ2n) is 9.49. The van der Waals surface area contributed by atoms with E-state index in [1.807, 2.05) is 0 Å². The van der Waals surface area contributed by atoms with Crippen LogP contribution >= 0.6 is 0 Å². The normalized spacial score (nSPS) is 32.8. The first-order valence-corrected chi connectivity index (χ1v) is 12.6. The van der Waals surface area contributed by atoms with Crippen molar-refractivity contribution in [2.75, 3.05) is 85.5 Å². The Morgan fingerprint density at radius 3 is 1.78 bits per heavy atom. The molecule has 9 nitrogen and oxygen atoms in total. The Morgan fingerprint density at radius 1 is 0.625 bits per heavy atom. The molecule has 0 aromatic heterocycles. The van der Waals surface area contributed by atoms with E-state index in [1.54, 1.807) is 0 Å². The van der Waals surface area contributed by atoms with Gasteiger partial charge in [0.25, 0.3) is 0 Å². The predicted molar refractivity (Wildman–Crippen MR) is 120 cm³/mol. The molecule has 0 spiro atoms. The summed E-state index contributed by atoms with van der Waals surface area (Å²) in [5.74, 6) is 0.663. The molecule has 0 radical (unpaired) electrons. The maximum atomic E-state index is 5.66. The lowest BCUT2D eigenvalue weighted by Gasteiger charge is -2.29. The fourth-order valence-corrected chi connectivity index (χ4v) is 4.02. The first-order chi connectivity index (χ1) is 15.8. The van der Waals surface area contributed by atoms with Crippen LogP contribution in [0.1, 0.15) is 25.7 Å². The predicted octanol–water partition coefficient (Wildman–Crippen LogP) is -0.0712. The summed E-state index contributed by atoms with van der Waals surface area (Å²) in [4.78, 5) is 0. The lowest BCUT2D eigenvalue weighted by molar-refractivity contribution is -0.0391. The van der Waals surface area contributed by atoms with Crippen molar-refractivity contribution < 1.29 is 28.4 Å². The molecule has 6 aliphatic heterocycles. The Bertz CT molecular complexity index is 456. The van der Waals surface area contributed by atoms with Gasteiger partial charge < -0.3 is 44.4 Å². The molecule has 3 N–H and O–H groups in total. The Balaban J connectivity index is 0.000000115. The van der Waals surface area contributed by atoms with E-state index in [0.29, 0.717) is 36.4 Å². The topological polar surface area (TPSA) is 91.5 Å². The first kappa shape index (κ1) is 24.8. The maximum Gasteiger partial charge on any atom is 0.0835 e. The van der Waals surface area contributed by atoms with Gasteiger partial charge in [0.15, 0.2) is 0 Å². The molecule has 186 valence electrons. The molecule has 3 atom stereocenters. The van der Waals surface area contributed by atoms with Crippen molar-refractivity contribution >= 4 is 0 Å². The average Bonchev–Trinajstić information content (AvgIpc) is 3.47. The largest absolute Gasteiger partial charge is 0.381 e. The highest BCUT2D eigenvalue weighted by molar-refractivity contribution is 4.78. The fraction of sp³-hybridized carbons (Fsp3) is 1.00. The van der Waals surface area contributed by atoms with Gasteiger partial charge >= 0.3 is 0 Å². The summed E-state index contributed by atoms with van der Waals surface area (Å²) in [7, 11) is 0. The van der Waals surface area contributed by atoms with Crippen LogP contribution < -0.4 is 16.0 Å². The van der Waals surface area contributed by atoms with E-state index >= 15 is 0 Å². The molecule has 6 saturated heterocycles. The highest BCUT2D eigenvalue weighted by Crippen LogP contribution is 2.15. The molecular formula is C23H43N3O6. The van der Waals surface area contributed by atoms with Crippen molar-refractivity contribution in [1.82, 2.24) is 16.0 Å². The van der Waals surface area contributed by atoms with Gasteiger partial charge in [-0.1, -0.05) is 0 Å². The number of ether oxygens (including phenoxy) is 6. The zero-order chi connectivity index (χ0) is 21.8. The molecule has 0 saturated carbocycles. The molecule has 2 unspecified atom stereocenters. The van der Waals surface area contributed by atoms with Gasteiger partial charge in [0, 0.05) is 65.0 Å². The minimum Gasteiger partial charge on any atom is -0.381 e. The summed E-state index contributed by atoms with van der Waals surface area (Å²) < 4.78 is 32.7. The van der Waals surface area contributed by atoms with Gasteiger partial charge in [-0.05, 0) is 25.7 Å². The smallest absolute Gasteiger partial charge is 0.0835 e. The number of hydrogen-bond acceptors (Lipinski definition) is 9. The highest BCUT2D eigenvalue weighted by Gasteiger charge is 2.25. The third-order valence-corrected chi connectivity index (χ3v) is 6.64. The Labute approximate surface area is 192 Å². The van der Waals surface area contributed by atoms with Crippen LogP contribution in [-0.2, 0) is 28.4 Å². The molecule has 9 heteroatoms. The van der Waals surface area contributed by atoms with E-state index in [2.05, 4.69) is 16.0 Å². The van der Waals surface area contributed by atoms with Crippen molar-refractivity contribution in [3.8, 4) is 0 Å². The van der Waals surface area contributed by atoms with E-state index in [-0.39, 0.29) is 0 Å². The van der Waals surface area contributed by atoms with Crippen LogP contribution in [-0.4, -0.2) is 116 Å². The summed E-state index contributed by atoms with van der Waals surface area (Å²) in [6.07, 6.45) is 6.82. The van der Waals surface area contributed by atoms with Crippen LogP contribution in [0.15, 0.2) is 0 Å². The van der Waals surface area contributed by atoms with Crippen LogP contribution in [0.4, 0.5) is 0 Å². The first-order valence-electron chi connectivity index (χ1n) is 12.6. The molecule has 32 heavy (non-hydrogen) atoms. The monoisotopic (exact) mass is 457 g/mol. The van der Waals surface area contributed by atoms with Gasteiger partial charge in [0.05, 0.1) is 56.9 Å². The van der Waals surface area contributed by atoms with Crippen LogP contribution in [0.3, 0.4) is 0 Å². The third kappa shape index (κ3) is 8.77. The van der Waals surface area contributed by atoms with E-state index < -0.39 is 0 Å². The van der Waals surface area contributed by atoms with E-state index in [1.165, 1.54) is 19.3 Å². The molecule has 6 fully saturated rings. The minimum absolute atomic E-state index is 0.382. The summed E-state index contributed by atoms with van der Waals surface area (Å²) in [5, 5.41) is 9.52. The third-order valence-electron chi connectivity index (χ3n) is 6.64. The molecule has 6 heterocycles. The van der Waals surface area contributed by atoms with E-state index in [9.17, 15) is 0 Å². The van der Waals surface area contributed by atoms with Gasteiger partial charge in [-0.15, -0.1) is 0 Å². The molecule has 6 rings (SSSR count). The number of nitrogens with one attached hydrogen (secondary N) is 3. The zero-order valence-corrected chi connectivity index (χ0v) is 19.4. The Hall–Kier alpha value is -0.360. The van der Waals surface area contributed by atoms with Gasteiger partial charge in [-0.3, -0.25) is 0 Å². The Kier molecular flexibility index (Phi) is 10.9. The zero-order valence-electron chi connectivity index (χ0n) is 19.4. The molecular weight excluding hydrogens is 414 g/mol. The lowest BCUT2D eigenvalue weighted by Crippen LogP contribution is -2.50.